The normalized spacial score (nSPS) is 24.4. The Morgan fingerprint density at radius 2 is 2.48 bits per heavy atom. The lowest BCUT2D eigenvalue weighted by molar-refractivity contribution is -0.0460. The summed E-state index contributed by atoms with van der Waals surface area (Å²) in [6.07, 6.45) is 5.50. The van der Waals surface area contributed by atoms with Gasteiger partial charge in [-0.15, -0.1) is 11.3 Å². The van der Waals surface area contributed by atoms with Gasteiger partial charge in [0.05, 0.1) is 19.3 Å². The van der Waals surface area contributed by atoms with Crippen molar-refractivity contribution in [2.75, 3.05) is 33.3 Å². The number of carbonyl (C=O) groups is 1. The van der Waals surface area contributed by atoms with Crippen LogP contribution in [0.5, 0.6) is 0 Å². The molecule has 2 aliphatic heterocycles. The lowest BCUT2D eigenvalue weighted by Gasteiger charge is -2.35. The van der Waals surface area contributed by atoms with Crippen LogP contribution in [0.1, 0.15) is 29.7 Å². The van der Waals surface area contributed by atoms with Crippen LogP contribution < -0.4 is 5.32 Å². The molecule has 0 unspecified atom stereocenters. The number of ether oxygens (including phenoxy) is 1. The highest BCUT2D eigenvalue weighted by atomic mass is 32.1. The molecule has 128 valence electrons. The van der Waals surface area contributed by atoms with E-state index in [4.69, 9.17) is 4.74 Å². The third-order valence-corrected chi connectivity index (χ3v) is 5.74. The Morgan fingerprint density at radius 3 is 3.26 bits per heavy atom. The quantitative estimate of drug-likeness (QED) is 0.888. The molecular formula is C16H26N4O2S. The number of nitrogens with zero attached hydrogens (tertiary/aromatic N) is 3. The molecule has 1 N–H and O–H groups in total. The summed E-state index contributed by atoms with van der Waals surface area (Å²) in [6.45, 7) is 6.14. The Labute approximate surface area is 141 Å². The van der Waals surface area contributed by atoms with Crippen molar-refractivity contribution in [2.45, 2.75) is 44.9 Å². The van der Waals surface area contributed by atoms with Gasteiger partial charge >= 0.3 is 6.03 Å². The number of thiazole rings is 1. The van der Waals surface area contributed by atoms with Crippen molar-refractivity contribution >= 4 is 17.4 Å². The van der Waals surface area contributed by atoms with Crippen molar-refractivity contribution in [1.29, 1.82) is 0 Å². The predicted molar refractivity (Wildman–Crippen MR) is 90.7 cm³/mol. The van der Waals surface area contributed by atoms with E-state index in [1.807, 2.05) is 6.20 Å². The van der Waals surface area contributed by atoms with Gasteiger partial charge in [0.25, 0.3) is 0 Å². The van der Waals surface area contributed by atoms with Gasteiger partial charge in [0.2, 0.25) is 0 Å². The lowest BCUT2D eigenvalue weighted by Crippen LogP contribution is -2.51. The largest absolute Gasteiger partial charge is 0.373 e. The summed E-state index contributed by atoms with van der Waals surface area (Å²) in [4.78, 5) is 22.0. The molecule has 1 aromatic heterocycles. The summed E-state index contributed by atoms with van der Waals surface area (Å²) in [5.41, 5.74) is 0. The van der Waals surface area contributed by atoms with Crippen molar-refractivity contribution < 1.29 is 9.53 Å². The van der Waals surface area contributed by atoms with Crippen LogP contribution in [0, 0.1) is 0 Å². The minimum Gasteiger partial charge on any atom is -0.373 e. The molecule has 0 radical (unpaired) electrons. The fourth-order valence-electron chi connectivity index (χ4n) is 3.20. The predicted octanol–water partition coefficient (Wildman–Crippen LogP) is 1.71. The second kappa shape index (κ2) is 7.59. The number of carbonyl (C=O) groups excluding carboxylic acids is 1. The van der Waals surface area contributed by atoms with Gasteiger partial charge < -0.3 is 15.0 Å². The summed E-state index contributed by atoms with van der Waals surface area (Å²) in [5, 5.41) is 3.97. The number of nitrogens with one attached hydrogen (secondary N) is 1. The van der Waals surface area contributed by atoms with E-state index in [1.54, 1.807) is 23.3 Å². The summed E-state index contributed by atoms with van der Waals surface area (Å²) in [5.74, 6) is 0. The fourth-order valence-corrected chi connectivity index (χ4v) is 4.12. The zero-order valence-corrected chi connectivity index (χ0v) is 14.8. The first-order chi connectivity index (χ1) is 11.2. The van der Waals surface area contributed by atoms with E-state index in [0.29, 0.717) is 19.1 Å². The molecule has 2 aliphatic rings. The van der Waals surface area contributed by atoms with E-state index in [9.17, 15) is 4.79 Å². The highest BCUT2D eigenvalue weighted by molar-refractivity contribution is 7.11. The Hall–Kier alpha value is -1.18. The maximum Gasteiger partial charge on any atom is 0.317 e. The maximum atomic E-state index is 12.2. The number of morpholine rings is 1. The van der Waals surface area contributed by atoms with Crippen LogP contribution in [0.15, 0.2) is 6.20 Å². The van der Waals surface area contributed by atoms with Crippen LogP contribution in [0.3, 0.4) is 0 Å². The Kier molecular flexibility index (Phi) is 5.50. The number of urea groups is 1. The van der Waals surface area contributed by atoms with Gasteiger partial charge in [0.15, 0.2) is 0 Å². The van der Waals surface area contributed by atoms with Crippen LogP contribution in [-0.4, -0.2) is 66.2 Å². The number of hydrogen-bond acceptors (Lipinski definition) is 5. The molecule has 0 aliphatic carbocycles. The molecule has 2 saturated heterocycles. The van der Waals surface area contributed by atoms with E-state index in [1.165, 1.54) is 24.3 Å². The molecule has 7 heteroatoms. The number of aryl methyl sites for hydroxylation is 1. The van der Waals surface area contributed by atoms with E-state index in [-0.39, 0.29) is 12.1 Å². The Morgan fingerprint density at radius 1 is 1.61 bits per heavy atom. The minimum absolute atomic E-state index is 0.0645. The second-order valence-corrected chi connectivity index (χ2v) is 7.56. The Balaban J connectivity index is 1.41. The summed E-state index contributed by atoms with van der Waals surface area (Å²) >= 11 is 1.67. The molecule has 2 fully saturated rings. The fraction of sp³-hybridized carbons (Fsp3) is 0.750. The number of fused-ring (bicyclic) bond motifs is 1. The molecule has 6 nitrogen and oxygen atoms in total. The zero-order valence-electron chi connectivity index (χ0n) is 14.0. The minimum atomic E-state index is -0.0645. The van der Waals surface area contributed by atoms with Gasteiger partial charge in [-0.05, 0) is 25.8 Å². The van der Waals surface area contributed by atoms with Crippen LogP contribution in [0.2, 0.25) is 0 Å². The van der Waals surface area contributed by atoms with Crippen molar-refractivity contribution in [2.24, 2.45) is 0 Å². The van der Waals surface area contributed by atoms with Gasteiger partial charge in [-0.3, -0.25) is 4.90 Å². The van der Waals surface area contributed by atoms with Crippen molar-refractivity contribution in [3.8, 4) is 0 Å². The molecular weight excluding hydrogens is 312 g/mol. The average molecular weight is 338 g/mol. The summed E-state index contributed by atoms with van der Waals surface area (Å²) in [6, 6.07) is 0.535. The third kappa shape index (κ3) is 4.22. The number of aromatic nitrogens is 1. The third-order valence-electron chi connectivity index (χ3n) is 4.61. The molecule has 3 heterocycles. The van der Waals surface area contributed by atoms with E-state index in [2.05, 4.69) is 22.1 Å². The standard InChI is InChI=1S/C16H26N4O2S/c1-3-14-8-17-15(23-14)10-19(2)16(21)18-7-13-9-20-6-4-5-12(20)11-22-13/h8,12-13H,3-7,9-11H2,1-2H3,(H,18,21)/t12-,13+/m0/s1. The summed E-state index contributed by atoms with van der Waals surface area (Å²) in [7, 11) is 1.81. The molecule has 2 atom stereocenters. The molecule has 0 spiro atoms. The van der Waals surface area contributed by atoms with Crippen LogP contribution in [0.25, 0.3) is 0 Å². The highest BCUT2D eigenvalue weighted by Gasteiger charge is 2.32. The van der Waals surface area contributed by atoms with Gasteiger partial charge in [0.1, 0.15) is 5.01 Å². The molecule has 0 aromatic carbocycles. The molecule has 0 saturated carbocycles. The lowest BCUT2D eigenvalue weighted by atomic mass is 10.2. The van der Waals surface area contributed by atoms with Crippen LogP contribution in [0.4, 0.5) is 4.79 Å². The molecule has 0 bridgehead atoms. The first kappa shape index (κ1) is 16.7. The number of rotatable bonds is 5. The van der Waals surface area contributed by atoms with Gasteiger partial charge in [0, 0.05) is 37.3 Å². The second-order valence-electron chi connectivity index (χ2n) is 6.36. The molecule has 1 aromatic rings. The first-order valence-electron chi connectivity index (χ1n) is 8.44. The highest BCUT2D eigenvalue weighted by Crippen LogP contribution is 2.22. The van der Waals surface area contributed by atoms with Crippen molar-refractivity contribution in [3.05, 3.63) is 16.1 Å². The van der Waals surface area contributed by atoms with Crippen LogP contribution in [-0.2, 0) is 17.7 Å². The monoisotopic (exact) mass is 338 g/mol. The van der Waals surface area contributed by atoms with Crippen molar-refractivity contribution in [3.63, 3.8) is 0 Å². The smallest absolute Gasteiger partial charge is 0.317 e. The van der Waals surface area contributed by atoms with Gasteiger partial charge in [-0.25, -0.2) is 9.78 Å². The maximum absolute atomic E-state index is 12.2. The van der Waals surface area contributed by atoms with E-state index < -0.39 is 0 Å². The van der Waals surface area contributed by atoms with Crippen molar-refractivity contribution in [1.82, 2.24) is 20.1 Å². The van der Waals surface area contributed by atoms with Gasteiger partial charge in [-0.2, -0.15) is 0 Å². The molecule has 23 heavy (non-hydrogen) atoms. The average Bonchev–Trinajstić information content (AvgIpc) is 3.20. The molecule has 3 rings (SSSR count). The number of amides is 2. The van der Waals surface area contributed by atoms with E-state index >= 15 is 0 Å². The van der Waals surface area contributed by atoms with E-state index in [0.717, 1.165) is 24.6 Å². The van der Waals surface area contributed by atoms with Gasteiger partial charge in [-0.1, -0.05) is 6.92 Å². The number of hydrogen-bond donors (Lipinski definition) is 1. The molecule has 2 amide bonds. The Bertz CT molecular complexity index is 536. The zero-order chi connectivity index (χ0) is 16.2. The topological polar surface area (TPSA) is 57.7 Å². The summed E-state index contributed by atoms with van der Waals surface area (Å²) < 4.78 is 5.87. The SMILES string of the molecule is CCc1cnc(CN(C)C(=O)NC[C@@H]2CN3CCC[C@H]3CO2)s1. The first-order valence-corrected chi connectivity index (χ1v) is 9.25. The van der Waals surface area contributed by atoms with Crippen LogP contribution >= 0.6 is 11.3 Å².